The number of carbonyl (C=O) groups is 1. The van der Waals surface area contributed by atoms with E-state index in [-0.39, 0.29) is 13.3 Å². The van der Waals surface area contributed by atoms with Crippen molar-refractivity contribution >= 4 is 11.7 Å². The monoisotopic (exact) mass is 356 g/mol. The van der Waals surface area contributed by atoms with E-state index in [1.165, 1.54) is 5.56 Å². The van der Waals surface area contributed by atoms with E-state index in [0.29, 0.717) is 6.42 Å². The molecule has 4 N–H and O–H groups in total. The van der Waals surface area contributed by atoms with Crippen molar-refractivity contribution in [2.75, 3.05) is 31.1 Å². The average molecular weight is 356 g/mol. The van der Waals surface area contributed by atoms with E-state index in [4.69, 9.17) is 10.8 Å². The fourth-order valence-corrected chi connectivity index (χ4v) is 2.90. The molecule has 7 nitrogen and oxygen atoms in total. The Morgan fingerprint density at radius 3 is 2.50 bits per heavy atom. The maximum absolute atomic E-state index is 11.3. The molecule has 0 spiro atoms. The number of amides is 1. The predicted molar refractivity (Wildman–Crippen MR) is 104 cm³/mol. The van der Waals surface area contributed by atoms with E-state index in [9.17, 15) is 4.79 Å². The normalized spacial score (nSPS) is 13.8. The molecule has 26 heavy (non-hydrogen) atoms. The van der Waals surface area contributed by atoms with Crippen LogP contribution in [0.25, 0.3) is 0 Å². The van der Waals surface area contributed by atoms with Crippen molar-refractivity contribution in [1.82, 2.24) is 20.7 Å². The second-order valence-electron chi connectivity index (χ2n) is 6.13. The highest BCUT2D eigenvalue weighted by molar-refractivity contribution is 5.77. The van der Waals surface area contributed by atoms with Crippen molar-refractivity contribution < 1.29 is 4.79 Å². The van der Waals surface area contributed by atoms with Crippen LogP contribution in [0.2, 0.25) is 0 Å². The van der Waals surface area contributed by atoms with Gasteiger partial charge in [0.15, 0.2) is 0 Å². The fraction of sp³-hybridized carbons (Fsp3) is 0.421. The van der Waals surface area contributed by atoms with Gasteiger partial charge in [-0.1, -0.05) is 31.7 Å². The molecular formula is C19H28N6O. The van der Waals surface area contributed by atoms with E-state index < -0.39 is 0 Å². The summed E-state index contributed by atoms with van der Waals surface area (Å²) >= 11 is 0. The lowest BCUT2D eigenvalue weighted by molar-refractivity contribution is -0.120. The summed E-state index contributed by atoms with van der Waals surface area (Å²) in [5, 5.41) is 3.35. The molecule has 1 aromatic carbocycles. The summed E-state index contributed by atoms with van der Waals surface area (Å²) in [7, 11) is 0. The highest BCUT2D eigenvalue weighted by Gasteiger charge is 2.12. The number of nitrogens with one attached hydrogen (secondary N) is 2. The SMILES string of the molecule is C.NNC(=O)Cc1ccc(CCc2nccc(N3CCNCC3)n2)cc1. The summed E-state index contributed by atoms with van der Waals surface area (Å²) in [5.74, 6) is 6.79. The second kappa shape index (κ2) is 9.84. The number of piperazine rings is 1. The summed E-state index contributed by atoms with van der Waals surface area (Å²) in [4.78, 5) is 22.7. The van der Waals surface area contributed by atoms with Gasteiger partial charge in [0.05, 0.1) is 6.42 Å². The molecule has 0 unspecified atom stereocenters. The van der Waals surface area contributed by atoms with Crippen LogP contribution in [0.15, 0.2) is 36.5 Å². The van der Waals surface area contributed by atoms with E-state index in [2.05, 4.69) is 20.6 Å². The number of aromatic nitrogens is 2. The molecule has 0 saturated carbocycles. The second-order valence-corrected chi connectivity index (χ2v) is 6.13. The molecule has 0 aliphatic carbocycles. The zero-order valence-electron chi connectivity index (χ0n) is 14.2. The minimum atomic E-state index is -0.189. The number of nitrogens with zero attached hydrogens (tertiary/aromatic N) is 3. The van der Waals surface area contributed by atoms with Crippen molar-refractivity contribution in [2.45, 2.75) is 26.7 Å². The van der Waals surface area contributed by atoms with Crippen molar-refractivity contribution in [3.8, 4) is 0 Å². The first-order valence-corrected chi connectivity index (χ1v) is 8.59. The maximum Gasteiger partial charge on any atom is 0.238 e. The van der Waals surface area contributed by atoms with Gasteiger partial charge in [0, 0.05) is 38.8 Å². The zero-order chi connectivity index (χ0) is 17.5. The van der Waals surface area contributed by atoms with Gasteiger partial charge in [-0.3, -0.25) is 10.2 Å². The van der Waals surface area contributed by atoms with E-state index in [0.717, 1.165) is 56.2 Å². The Labute approximate surface area is 155 Å². The highest BCUT2D eigenvalue weighted by atomic mass is 16.2. The third kappa shape index (κ3) is 5.50. The van der Waals surface area contributed by atoms with E-state index >= 15 is 0 Å². The van der Waals surface area contributed by atoms with E-state index in [1.807, 2.05) is 36.5 Å². The first-order chi connectivity index (χ1) is 12.2. The molecule has 0 radical (unpaired) electrons. The predicted octanol–water partition coefficient (Wildman–Crippen LogP) is 0.840. The van der Waals surface area contributed by atoms with Crippen molar-refractivity contribution in [2.24, 2.45) is 5.84 Å². The number of nitrogens with two attached hydrogens (primary N) is 1. The molecule has 1 aliphatic rings. The fourth-order valence-electron chi connectivity index (χ4n) is 2.90. The number of hydrazine groups is 1. The molecule has 1 aromatic heterocycles. The summed E-state index contributed by atoms with van der Waals surface area (Å²) in [6, 6.07) is 9.98. The number of anilines is 1. The van der Waals surface area contributed by atoms with Gasteiger partial charge >= 0.3 is 0 Å². The number of hydrogen-bond acceptors (Lipinski definition) is 6. The first-order valence-electron chi connectivity index (χ1n) is 8.59. The molecule has 0 bridgehead atoms. The lowest BCUT2D eigenvalue weighted by atomic mass is 10.1. The third-order valence-corrected chi connectivity index (χ3v) is 4.32. The number of carbonyl (C=O) groups excluding carboxylic acids is 1. The van der Waals surface area contributed by atoms with Gasteiger partial charge in [-0.05, 0) is 23.6 Å². The molecule has 2 aromatic rings. The van der Waals surface area contributed by atoms with Crippen LogP contribution < -0.4 is 21.5 Å². The molecule has 2 heterocycles. The molecule has 7 heteroatoms. The zero-order valence-corrected chi connectivity index (χ0v) is 14.2. The van der Waals surface area contributed by atoms with Crippen LogP contribution in [0.3, 0.4) is 0 Å². The van der Waals surface area contributed by atoms with Gasteiger partial charge in [-0.2, -0.15) is 0 Å². The Morgan fingerprint density at radius 2 is 1.81 bits per heavy atom. The van der Waals surface area contributed by atoms with Crippen LogP contribution in [-0.4, -0.2) is 42.1 Å². The molecule has 1 saturated heterocycles. The number of hydrogen-bond donors (Lipinski definition) is 3. The Kier molecular flexibility index (Phi) is 7.50. The molecule has 3 rings (SSSR count). The van der Waals surface area contributed by atoms with Crippen LogP contribution in [0, 0.1) is 0 Å². The van der Waals surface area contributed by atoms with Gasteiger partial charge in [0.2, 0.25) is 5.91 Å². The lowest BCUT2D eigenvalue weighted by Crippen LogP contribution is -2.44. The smallest absolute Gasteiger partial charge is 0.238 e. The molecule has 1 fully saturated rings. The van der Waals surface area contributed by atoms with Crippen LogP contribution in [0.5, 0.6) is 0 Å². The Bertz CT molecular complexity index is 697. The van der Waals surface area contributed by atoms with Crippen molar-refractivity contribution in [1.29, 1.82) is 0 Å². The van der Waals surface area contributed by atoms with Crippen LogP contribution >= 0.6 is 0 Å². The standard InChI is InChI=1S/C18H24N6O.CH4/c19-23-18(25)13-15-3-1-14(2-4-15)5-6-16-21-8-7-17(22-16)24-11-9-20-10-12-24;/h1-4,7-8,20H,5-6,9-13,19H2,(H,23,25);1H4. The highest BCUT2D eigenvalue weighted by Crippen LogP contribution is 2.12. The molecular weight excluding hydrogens is 328 g/mol. The van der Waals surface area contributed by atoms with Gasteiger partial charge in [0.25, 0.3) is 0 Å². The third-order valence-electron chi connectivity index (χ3n) is 4.32. The Balaban J connectivity index is 0.00000243. The van der Waals surface area contributed by atoms with Crippen molar-refractivity contribution in [3.05, 3.63) is 53.5 Å². The largest absolute Gasteiger partial charge is 0.354 e. The summed E-state index contributed by atoms with van der Waals surface area (Å²) in [5.41, 5.74) is 4.29. The summed E-state index contributed by atoms with van der Waals surface area (Å²) in [6.45, 7) is 3.95. The molecule has 1 amide bonds. The number of benzene rings is 1. The first kappa shape index (κ1) is 19.8. The summed E-state index contributed by atoms with van der Waals surface area (Å²) in [6.07, 6.45) is 3.80. The molecule has 140 valence electrons. The molecule has 0 atom stereocenters. The average Bonchev–Trinajstić information content (AvgIpc) is 2.68. The van der Waals surface area contributed by atoms with Gasteiger partial charge in [-0.25, -0.2) is 15.8 Å². The lowest BCUT2D eigenvalue weighted by Gasteiger charge is -2.28. The van der Waals surface area contributed by atoms with Crippen LogP contribution in [0.1, 0.15) is 24.4 Å². The molecule has 1 aliphatic heterocycles. The van der Waals surface area contributed by atoms with Gasteiger partial charge in [-0.15, -0.1) is 0 Å². The number of rotatable bonds is 6. The van der Waals surface area contributed by atoms with Crippen LogP contribution in [-0.2, 0) is 24.1 Å². The topological polar surface area (TPSA) is 96.2 Å². The van der Waals surface area contributed by atoms with E-state index in [1.54, 1.807) is 0 Å². The summed E-state index contributed by atoms with van der Waals surface area (Å²) < 4.78 is 0. The minimum absolute atomic E-state index is 0. The van der Waals surface area contributed by atoms with Gasteiger partial charge < -0.3 is 10.2 Å². The maximum atomic E-state index is 11.3. The minimum Gasteiger partial charge on any atom is -0.354 e. The number of aryl methyl sites for hydroxylation is 2. The quantitative estimate of drug-likeness (QED) is 0.403. The Hall–Kier alpha value is -2.51. The Morgan fingerprint density at radius 1 is 1.12 bits per heavy atom. The van der Waals surface area contributed by atoms with Gasteiger partial charge in [0.1, 0.15) is 11.6 Å². The van der Waals surface area contributed by atoms with Crippen LogP contribution in [0.4, 0.5) is 5.82 Å². The van der Waals surface area contributed by atoms with Crippen molar-refractivity contribution in [3.63, 3.8) is 0 Å².